The van der Waals surface area contributed by atoms with Crippen molar-refractivity contribution in [3.05, 3.63) is 35.0 Å². The van der Waals surface area contributed by atoms with E-state index in [0.29, 0.717) is 6.61 Å². The van der Waals surface area contributed by atoms with E-state index in [4.69, 9.17) is 4.74 Å². The summed E-state index contributed by atoms with van der Waals surface area (Å²) in [6.45, 7) is 4.62. The number of thiophene rings is 1. The van der Waals surface area contributed by atoms with Crippen LogP contribution in [0, 0.1) is 5.82 Å². The number of rotatable bonds is 3. The second-order valence-electron chi connectivity index (χ2n) is 3.76. The van der Waals surface area contributed by atoms with Gasteiger partial charge in [0, 0.05) is 4.70 Å². The van der Waals surface area contributed by atoms with Gasteiger partial charge in [-0.1, -0.05) is 6.07 Å². The van der Waals surface area contributed by atoms with Crippen LogP contribution in [-0.4, -0.2) is 6.10 Å². The van der Waals surface area contributed by atoms with Crippen LogP contribution >= 0.6 is 11.3 Å². The lowest BCUT2D eigenvalue weighted by atomic mass is 10.2. The first kappa shape index (κ1) is 10.6. The number of hydrogen-bond acceptors (Lipinski definition) is 2. The summed E-state index contributed by atoms with van der Waals surface area (Å²) in [4.78, 5) is 0. The molecule has 0 unspecified atom stereocenters. The van der Waals surface area contributed by atoms with Gasteiger partial charge < -0.3 is 4.74 Å². The molecule has 2 rings (SSSR count). The lowest BCUT2D eigenvalue weighted by molar-refractivity contribution is 0.0666. The van der Waals surface area contributed by atoms with Gasteiger partial charge in [-0.3, -0.25) is 0 Å². The van der Waals surface area contributed by atoms with E-state index in [-0.39, 0.29) is 11.9 Å². The molecule has 1 heterocycles. The van der Waals surface area contributed by atoms with Crippen LogP contribution in [0.4, 0.5) is 4.39 Å². The predicted octanol–water partition coefficient (Wildman–Crippen LogP) is 3.97. The van der Waals surface area contributed by atoms with E-state index >= 15 is 0 Å². The highest BCUT2D eigenvalue weighted by molar-refractivity contribution is 7.17. The maximum atomic E-state index is 12.9. The number of halogens is 1. The highest BCUT2D eigenvalue weighted by atomic mass is 32.1. The van der Waals surface area contributed by atoms with Crippen molar-refractivity contribution in [1.29, 1.82) is 0 Å². The quantitative estimate of drug-likeness (QED) is 0.766. The Balaban J connectivity index is 2.29. The van der Waals surface area contributed by atoms with Crippen molar-refractivity contribution in [1.82, 2.24) is 0 Å². The number of benzene rings is 1. The fourth-order valence-corrected chi connectivity index (χ4v) is 2.40. The summed E-state index contributed by atoms with van der Waals surface area (Å²) in [6, 6.07) is 4.88. The van der Waals surface area contributed by atoms with E-state index in [0.717, 1.165) is 15.6 Å². The first-order chi connectivity index (χ1) is 7.16. The maximum Gasteiger partial charge on any atom is 0.124 e. The molecule has 0 bridgehead atoms. The molecule has 0 amide bonds. The van der Waals surface area contributed by atoms with Crippen LogP contribution in [0.1, 0.15) is 19.4 Å². The molecule has 0 fully saturated rings. The fourth-order valence-electron chi connectivity index (χ4n) is 1.43. The highest BCUT2D eigenvalue weighted by Gasteiger charge is 2.05. The van der Waals surface area contributed by atoms with Gasteiger partial charge in [-0.15, -0.1) is 11.3 Å². The van der Waals surface area contributed by atoms with Gasteiger partial charge in [-0.05, 0) is 42.3 Å². The first-order valence-electron chi connectivity index (χ1n) is 4.94. The third-order valence-corrected chi connectivity index (χ3v) is 3.18. The summed E-state index contributed by atoms with van der Waals surface area (Å²) < 4.78 is 19.5. The summed E-state index contributed by atoms with van der Waals surface area (Å²) in [7, 11) is 0. The molecule has 80 valence electrons. The van der Waals surface area contributed by atoms with E-state index in [9.17, 15) is 4.39 Å². The Kier molecular flexibility index (Phi) is 3.03. The molecule has 0 atom stereocenters. The van der Waals surface area contributed by atoms with Crippen LogP contribution in [0.25, 0.3) is 10.1 Å². The van der Waals surface area contributed by atoms with Crippen molar-refractivity contribution in [2.75, 3.05) is 0 Å². The molecule has 2 aromatic rings. The molecule has 0 aliphatic rings. The third-order valence-electron chi connectivity index (χ3n) is 2.19. The Morgan fingerprint density at radius 3 is 2.93 bits per heavy atom. The average Bonchev–Trinajstić information content (AvgIpc) is 2.57. The molecule has 0 aliphatic carbocycles. The van der Waals surface area contributed by atoms with Crippen LogP contribution in [0.5, 0.6) is 0 Å². The van der Waals surface area contributed by atoms with Crippen molar-refractivity contribution in [2.45, 2.75) is 26.6 Å². The lowest BCUT2D eigenvalue weighted by Gasteiger charge is -2.06. The average molecular weight is 224 g/mol. The van der Waals surface area contributed by atoms with E-state index in [2.05, 4.69) is 0 Å². The molecule has 1 nitrogen and oxygen atoms in total. The van der Waals surface area contributed by atoms with Gasteiger partial charge in [0.2, 0.25) is 0 Å². The summed E-state index contributed by atoms with van der Waals surface area (Å²) >= 11 is 1.56. The minimum atomic E-state index is -0.180. The summed E-state index contributed by atoms with van der Waals surface area (Å²) in [5, 5.41) is 3.13. The zero-order valence-electron chi connectivity index (χ0n) is 8.79. The Morgan fingerprint density at radius 2 is 2.20 bits per heavy atom. The fraction of sp³-hybridized carbons (Fsp3) is 0.333. The standard InChI is InChI=1S/C12H13FOS/c1-8(2)14-6-9-7-15-12-5-10(13)3-4-11(9)12/h3-5,7-8H,6H2,1-2H3. The van der Waals surface area contributed by atoms with Crippen LogP contribution in [0.3, 0.4) is 0 Å². The van der Waals surface area contributed by atoms with Gasteiger partial charge in [-0.25, -0.2) is 4.39 Å². The maximum absolute atomic E-state index is 12.9. The first-order valence-corrected chi connectivity index (χ1v) is 5.82. The Morgan fingerprint density at radius 1 is 1.40 bits per heavy atom. The monoisotopic (exact) mass is 224 g/mol. The molecule has 1 aromatic carbocycles. The van der Waals surface area contributed by atoms with Crippen molar-refractivity contribution < 1.29 is 9.13 Å². The number of ether oxygens (including phenoxy) is 1. The molecule has 15 heavy (non-hydrogen) atoms. The second kappa shape index (κ2) is 4.29. The topological polar surface area (TPSA) is 9.23 Å². The van der Waals surface area contributed by atoms with Crippen LogP contribution < -0.4 is 0 Å². The van der Waals surface area contributed by atoms with Gasteiger partial charge in [0.1, 0.15) is 5.82 Å². The molecule has 1 aromatic heterocycles. The summed E-state index contributed by atoms with van der Waals surface area (Å²) in [6.07, 6.45) is 0.223. The van der Waals surface area contributed by atoms with E-state index < -0.39 is 0 Å². The molecule has 0 spiro atoms. The Labute approximate surface area is 92.5 Å². The van der Waals surface area contributed by atoms with Crippen molar-refractivity contribution in [2.24, 2.45) is 0 Å². The minimum absolute atomic E-state index is 0.180. The van der Waals surface area contributed by atoms with Crippen molar-refractivity contribution in [3.63, 3.8) is 0 Å². The van der Waals surface area contributed by atoms with Gasteiger partial charge in [0.05, 0.1) is 12.7 Å². The largest absolute Gasteiger partial charge is 0.374 e. The van der Waals surface area contributed by atoms with Crippen molar-refractivity contribution >= 4 is 21.4 Å². The van der Waals surface area contributed by atoms with Gasteiger partial charge >= 0.3 is 0 Å². The molecular formula is C12H13FOS. The predicted molar refractivity (Wildman–Crippen MR) is 61.7 cm³/mol. The summed E-state index contributed by atoms with van der Waals surface area (Å²) in [5.74, 6) is -0.180. The second-order valence-corrected chi connectivity index (χ2v) is 4.67. The van der Waals surface area contributed by atoms with Crippen LogP contribution in [-0.2, 0) is 11.3 Å². The molecule has 0 saturated carbocycles. The van der Waals surface area contributed by atoms with E-state index in [1.165, 1.54) is 6.07 Å². The Bertz CT molecular complexity index is 462. The van der Waals surface area contributed by atoms with Crippen LogP contribution in [0.2, 0.25) is 0 Å². The van der Waals surface area contributed by atoms with Gasteiger partial charge in [-0.2, -0.15) is 0 Å². The number of hydrogen-bond donors (Lipinski definition) is 0. The minimum Gasteiger partial charge on any atom is -0.374 e. The molecule has 3 heteroatoms. The lowest BCUT2D eigenvalue weighted by Crippen LogP contribution is -2.01. The van der Waals surface area contributed by atoms with Gasteiger partial charge in [0.25, 0.3) is 0 Å². The van der Waals surface area contributed by atoms with Crippen molar-refractivity contribution in [3.8, 4) is 0 Å². The molecule has 0 radical (unpaired) electrons. The molecule has 0 N–H and O–H groups in total. The van der Waals surface area contributed by atoms with Crippen LogP contribution in [0.15, 0.2) is 23.6 Å². The summed E-state index contributed by atoms with van der Waals surface area (Å²) in [5.41, 5.74) is 1.14. The SMILES string of the molecule is CC(C)OCc1csc2cc(F)ccc12. The smallest absolute Gasteiger partial charge is 0.124 e. The molecule has 0 aliphatic heterocycles. The highest BCUT2D eigenvalue weighted by Crippen LogP contribution is 2.27. The normalized spacial score (nSPS) is 11.5. The zero-order valence-corrected chi connectivity index (χ0v) is 9.60. The molecule has 0 saturated heterocycles. The Hall–Kier alpha value is -0.930. The number of fused-ring (bicyclic) bond motifs is 1. The van der Waals surface area contributed by atoms with E-state index in [1.807, 2.05) is 25.3 Å². The molecular weight excluding hydrogens is 211 g/mol. The third kappa shape index (κ3) is 2.36. The van der Waals surface area contributed by atoms with Gasteiger partial charge in [0.15, 0.2) is 0 Å². The zero-order chi connectivity index (χ0) is 10.8. The van der Waals surface area contributed by atoms with E-state index in [1.54, 1.807) is 17.4 Å².